The summed E-state index contributed by atoms with van der Waals surface area (Å²) in [6.45, 7) is 0.936. The molecule has 0 aliphatic carbocycles. The first-order valence-corrected chi connectivity index (χ1v) is 9.88. The second-order valence-corrected chi connectivity index (χ2v) is 7.12. The Hall–Kier alpha value is -2.67. The summed E-state index contributed by atoms with van der Waals surface area (Å²) >= 11 is 3.36. The van der Waals surface area contributed by atoms with Crippen molar-refractivity contribution in [2.24, 2.45) is 5.10 Å². The quantitative estimate of drug-likeness (QED) is 0.458. The fraction of sp³-hybridized carbons (Fsp3) is 0.286. The lowest BCUT2D eigenvalue weighted by atomic mass is 10.1. The lowest BCUT2D eigenvalue weighted by molar-refractivity contribution is -0.146. The van der Waals surface area contributed by atoms with Crippen LogP contribution < -0.4 is 4.74 Å². The van der Waals surface area contributed by atoms with E-state index >= 15 is 0 Å². The summed E-state index contributed by atoms with van der Waals surface area (Å²) in [6.07, 6.45) is 0.826. The molecule has 2 aromatic rings. The van der Waals surface area contributed by atoms with Gasteiger partial charge in [0, 0.05) is 17.3 Å². The maximum absolute atomic E-state index is 12.3. The normalized spacial score (nSPS) is 13.2. The summed E-state index contributed by atoms with van der Waals surface area (Å²) in [5.74, 6) is 0.104. The van der Waals surface area contributed by atoms with Gasteiger partial charge in [-0.15, -0.1) is 0 Å². The number of halogens is 1. The van der Waals surface area contributed by atoms with Crippen molar-refractivity contribution in [2.45, 2.75) is 19.3 Å². The van der Waals surface area contributed by atoms with Crippen LogP contribution >= 0.6 is 15.9 Å². The molecular weight excluding hydrogens is 424 g/mol. The van der Waals surface area contributed by atoms with Crippen LogP contribution in [0.4, 0.5) is 0 Å². The predicted molar refractivity (Wildman–Crippen MR) is 109 cm³/mol. The molecular formula is C21H21BrN2O4. The van der Waals surface area contributed by atoms with E-state index in [1.807, 2.05) is 54.6 Å². The summed E-state index contributed by atoms with van der Waals surface area (Å²) in [5.41, 5.74) is 1.91. The van der Waals surface area contributed by atoms with Gasteiger partial charge in [0.05, 0.1) is 18.7 Å². The van der Waals surface area contributed by atoms with Crippen LogP contribution in [0.2, 0.25) is 0 Å². The second-order valence-electron chi connectivity index (χ2n) is 6.21. The van der Waals surface area contributed by atoms with Gasteiger partial charge >= 0.3 is 5.97 Å². The van der Waals surface area contributed by atoms with E-state index in [0.717, 1.165) is 15.7 Å². The van der Waals surface area contributed by atoms with Gasteiger partial charge in [-0.25, -0.2) is 5.01 Å². The van der Waals surface area contributed by atoms with Gasteiger partial charge in [-0.05, 0) is 23.8 Å². The van der Waals surface area contributed by atoms with Crippen molar-refractivity contribution in [3.8, 4) is 5.75 Å². The molecule has 0 fully saturated rings. The van der Waals surface area contributed by atoms with Gasteiger partial charge < -0.3 is 9.47 Å². The molecule has 0 saturated heterocycles. The molecule has 1 aliphatic heterocycles. The number of hydrogen-bond acceptors (Lipinski definition) is 5. The molecule has 1 heterocycles. The van der Waals surface area contributed by atoms with Crippen molar-refractivity contribution in [3.63, 3.8) is 0 Å². The fourth-order valence-electron chi connectivity index (χ4n) is 2.75. The number of benzene rings is 2. The average Bonchev–Trinajstić information content (AvgIpc) is 3.20. The number of nitrogens with zero attached hydrogens (tertiary/aromatic N) is 2. The van der Waals surface area contributed by atoms with Crippen molar-refractivity contribution in [3.05, 3.63) is 64.6 Å². The molecule has 1 amide bonds. The molecule has 2 aromatic carbocycles. The molecule has 0 unspecified atom stereocenters. The van der Waals surface area contributed by atoms with Crippen LogP contribution in [0.5, 0.6) is 5.75 Å². The Morgan fingerprint density at radius 1 is 1.04 bits per heavy atom. The predicted octanol–water partition coefficient (Wildman–Crippen LogP) is 3.79. The topological polar surface area (TPSA) is 68.2 Å². The third-order valence-electron chi connectivity index (χ3n) is 4.15. The Morgan fingerprint density at radius 3 is 2.64 bits per heavy atom. The van der Waals surface area contributed by atoms with Crippen LogP contribution in [-0.4, -0.2) is 42.4 Å². The van der Waals surface area contributed by atoms with E-state index in [1.165, 1.54) is 5.01 Å². The van der Waals surface area contributed by atoms with E-state index < -0.39 is 5.97 Å². The maximum Gasteiger partial charge on any atom is 0.306 e. The van der Waals surface area contributed by atoms with Crippen LogP contribution in [0, 0.1) is 0 Å². The van der Waals surface area contributed by atoms with Crippen LogP contribution in [-0.2, 0) is 14.3 Å². The molecule has 0 spiro atoms. The van der Waals surface area contributed by atoms with Crippen LogP contribution in [0.25, 0.3) is 0 Å². The molecule has 3 rings (SSSR count). The summed E-state index contributed by atoms with van der Waals surface area (Å²) in [7, 11) is 0. The maximum atomic E-state index is 12.3. The minimum atomic E-state index is -0.419. The molecule has 1 aliphatic rings. The average molecular weight is 445 g/mol. The van der Waals surface area contributed by atoms with Gasteiger partial charge in [-0.3, -0.25) is 9.59 Å². The molecule has 0 N–H and O–H groups in total. The van der Waals surface area contributed by atoms with Gasteiger partial charge in [-0.2, -0.15) is 5.10 Å². The number of hydrogen-bond donors (Lipinski definition) is 0. The van der Waals surface area contributed by atoms with Gasteiger partial charge in [0.15, 0.2) is 0 Å². The first kappa shape index (κ1) is 20.1. The van der Waals surface area contributed by atoms with Crippen LogP contribution in [0.1, 0.15) is 24.8 Å². The third kappa shape index (κ3) is 5.92. The van der Waals surface area contributed by atoms with E-state index in [-0.39, 0.29) is 32.0 Å². The minimum absolute atomic E-state index is 0.0302. The highest BCUT2D eigenvalue weighted by Crippen LogP contribution is 2.18. The van der Waals surface area contributed by atoms with E-state index in [0.29, 0.717) is 18.7 Å². The van der Waals surface area contributed by atoms with E-state index in [9.17, 15) is 9.59 Å². The smallest absolute Gasteiger partial charge is 0.306 e. The number of hydrazone groups is 1. The molecule has 7 heteroatoms. The van der Waals surface area contributed by atoms with Crippen molar-refractivity contribution in [2.75, 3.05) is 19.8 Å². The fourth-order valence-corrected chi connectivity index (χ4v) is 3.13. The van der Waals surface area contributed by atoms with Crippen molar-refractivity contribution < 1.29 is 19.1 Å². The molecule has 0 atom stereocenters. The highest BCUT2D eigenvalue weighted by molar-refractivity contribution is 9.10. The summed E-state index contributed by atoms with van der Waals surface area (Å²) < 4.78 is 11.5. The summed E-state index contributed by atoms with van der Waals surface area (Å²) in [5, 5.41) is 5.81. The van der Waals surface area contributed by atoms with Crippen molar-refractivity contribution >= 4 is 33.5 Å². The standard InChI is InChI=1S/C21H21BrN2O4/c22-17-7-4-8-18(15-17)27-13-14-28-21(26)10-9-20(25)24-12-11-19(23-24)16-5-2-1-3-6-16/h1-8,15H,9-14H2. The molecule has 0 radical (unpaired) electrons. The van der Waals surface area contributed by atoms with E-state index in [1.54, 1.807) is 0 Å². The first-order valence-electron chi connectivity index (χ1n) is 9.09. The molecule has 0 aromatic heterocycles. The Morgan fingerprint density at radius 2 is 1.86 bits per heavy atom. The molecule has 146 valence electrons. The Kier molecular flexibility index (Phi) is 7.19. The zero-order chi connectivity index (χ0) is 19.8. The number of esters is 1. The van der Waals surface area contributed by atoms with Crippen LogP contribution in [0.3, 0.4) is 0 Å². The number of ether oxygens (including phenoxy) is 2. The number of rotatable bonds is 8. The summed E-state index contributed by atoms with van der Waals surface area (Å²) in [4.78, 5) is 24.1. The highest BCUT2D eigenvalue weighted by Gasteiger charge is 2.22. The minimum Gasteiger partial charge on any atom is -0.490 e. The lowest BCUT2D eigenvalue weighted by Crippen LogP contribution is -2.24. The molecule has 6 nitrogen and oxygen atoms in total. The van der Waals surface area contributed by atoms with Crippen LogP contribution in [0.15, 0.2) is 64.2 Å². The molecule has 0 saturated carbocycles. The zero-order valence-corrected chi connectivity index (χ0v) is 16.9. The Labute approximate surface area is 172 Å². The SMILES string of the molecule is O=C(CCC(=O)N1CCC(c2ccccc2)=N1)OCCOc1cccc(Br)c1. The Bertz CT molecular complexity index is 854. The highest BCUT2D eigenvalue weighted by atomic mass is 79.9. The van der Waals surface area contributed by atoms with Gasteiger partial charge in [0.25, 0.3) is 0 Å². The molecule has 0 bridgehead atoms. The van der Waals surface area contributed by atoms with Gasteiger partial charge in [-0.1, -0.05) is 52.3 Å². The lowest BCUT2D eigenvalue weighted by Gasteiger charge is -2.11. The monoisotopic (exact) mass is 444 g/mol. The Balaban J connectivity index is 1.35. The largest absolute Gasteiger partial charge is 0.490 e. The summed E-state index contributed by atoms with van der Waals surface area (Å²) in [6, 6.07) is 17.2. The van der Waals surface area contributed by atoms with Crippen molar-refractivity contribution in [1.29, 1.82) is 0 Å². The van der Waals surface area contributed by atoms with Gasteiger partial charge in [0.1, 0.15) is 19.0 Å². The number of carbonyl (C=O) groups excluding carboxylic acids is 2. The third-order valence-corrected chi connectivity index (χ3v) is 4.64. The second kappa shape index (κ2) is 10.0. The first-order chi connectivity index (χ1) is 13.6. The van der Waals surface area contributed by atoms with E-state index in [4.69, 9.17) is 9.47 Å². The van der Waals surface area contributed by atoms with E-state index in [2.05, 4.69) is 21.0 Å². The zero-order valence-electron chi connectivity index (χ0n) is 15.3. The van der Waals surface area contributed by atoms with Gasteiger partial charge in [0.2, 0.25) is 5.91 Å². The number of amides is 1. The number of carbonyl (C=O) groups is 2. The van der Waals surface area contributed by atoms with Crippen molar-refractivity contribution in [1.82, 2.24) is 5.01 Å². The molecule has 28 heavy (non-hydrogen) atoms.